The molecule has 0 amide bonds. The summed E-state index contributed by atoms with van der Waals surface area (Å²) in [6.07, 6.45) is -4.49. The van der Waals surface area contributed by atoms with Gasteiger partial charge < -0.3 is 0 Å². The fraction of sp³-hybridized carbons (Fsp3) is 0.133. The summed E-state index contributed by atoms with van der Waals surface area (Å²) >= 11 is 1.40. The van der Waals surface area contributed by atoms with Gasteiger partial charge in [0.25, 0.3) is 0 Å². The number of thioether (sulfide) groups is 1. The zero-order chi connectivity index (χ0) is 14.6. The van der Waals surface area contributed by atoms with Gasteiger partial charge in [-0.15, -0.1) is 11.8 Å². The molecule has 2 aromatic carbocycles. The zero-order valence-corrected chi connectivity index (χ0v) is 11.1. The Labute approximate surface area is 119 Å². The number of hydrogen-bond donors (Lipinski definition) is 0. The van der Waals surface area contributed by atoms with Gasteiger partial charge in [0.05, 0.1) is 17.2 Å². The zero-order valence-electron chi connectivity index (χ0n) is 10.3. The lowest BCUT2D eigenvalue weighted by molar-refractivity contribution is -0.137. The second kappa shape index (κ2) is 6.02. The van der Waals surface area contributed by atoms with E-state index in [0.717, 1.165) is 11.6 Å². The standard InChI is InChI=1S/C15H10F3NS/c16-15(17,18)14-7-6-13(8-12(14)9-19)20-10-11-4-2-1-3-5-11/h1-8H,10H2. The molecule has 0 aliphatic carbocycles. The van der Waals surface area contributed by atoms with Crippen molar-refractivity contribution in [3.05, 3.63) is 65.2 Å². The number of nitriles is 1. The maximum Gasteiger partial charge on any atom is 0.417 e. The Hall–Kier alpha value is -1.93. The van der Waals surface area contributed by atoms with Crippen LogP contribution < -0.4 is 0 Å². The third-order valence-corrected chi connectivity index (χ3v) is 3.73. The topological polar surface area (TPSA) is 23.8 Å². The normalized spacial score (nSPS) is 11.1. The third kappa shape index (κ3) is 3.55. The van der Waals surface area contributed by atoms with E-state index in [1.54, 1.807) is 6.07 Å². The first-order valence-corrected chi connectivity index (χ1v) is 6.77. The van der Waals surface area contributed by atoms with E-state index in [1.807, 2.05) is 30.3 Å². The largest absolute Gasteiger partial charge is 0.417 e. The van der Waals surface area contributed by atoms with Crippen LogP contribution >= 0.6 is 11.8 Å². The number of nitrogens with zero attached hydrogens (tertiary/aromatic N) is 1. The number of halogens is 3. The molecule has 0 unspecified atom stereocenters. The van der Waals surface area contributed by atoms with Gasteiger partial charge in [-0.1, -0.05) is 30.3 Å². The van der Waals surface area contributed by atoms with E-state index in [9.17, 15) is 13.2 Å². The molecule has 0 N–H and O–H groups in total. The van der Waals surface area contributed by atoms with Gasteiger partial charge >= 0.3 is 6.18 Å². The van der Waals surface area contributed by atoms with Crippen LogP contribution in [0.15, 0.2) is 53.4 Å². The summed E-state index contributed by atoms with van der Waals surface area (Å²) in [4.78, 5) is 0.651. The van der Waals surface area contributed by atoms with Crippen LogP contribution in [0.4, 0.5) is 13.2 Å². The fourth-order valence-corrected chi connectivity index (χ4v) is 2.58. The molecule has 5 heteroatoms. The Morgan fingerprint density at radius 3 is 2.35 bits per heavy atom. The number of rotatable bonds is 3. The van der Waals surface area contributed by atoms with Crippen molar-refractivity contribution in [3.8, 4) is 6.07 Å². The Kier molecular flexibility index (Phi) is 4.35. The van der Waals surface area contributed by atoms with E-state index in [4.69, 9.17) is 5.26 Å². The summed E-state index contributed by atoms with van der Waals surface area (Å²) in [6, 6.07) is 14.9. The molecule has 0 radical (unpaired) electrons. The molecule has 0 fully saturated rings. The van der Waals surface area contributed by atoms with Crippen LogP contribution in [0.5, 0.6) is 0 Å². The molecule has 0 aliphatic rings. The van der Waals surface area contributed by atoms with Crippen LogP contribution in [-0.4, -0.2) is 0 Å². The Bertz CT molecular complexity index is 630. The van der Waals surface area contributed by atoms with Gasteiger partial charge in [-0.2, -0.15) is 18.4 Å². The Balaban J connectivity index is 2.17. The van der Waals surface area contributed by atoms with Crippen LogP contribution in [0.1, 0.15) is 16.7 Å². The van der Waals surface area contributed by atoms with Crippen molar-refractivity contribution in [2.24, 2.45) is 0 Å². The molecular weight excluding hydrogens is 283 g/mol. The Morgan fingerprint density at radius 2 is 1.75 bits per heavy atom. The highest BCUT2D eigenvalue weighted by atomic mass is 32.2. The van der Waals surface area contributed by atoms with Crippen LogP contribution in [0.3, 0.4) is 0 Å². The van der Waals surface area contributed by atoms with Crippen LogP contribution in [-0.2, 0) is 11.9 Å². The first-order chi connectivity index (χ1) is 9.50. The minimum absolute atomic E-state index is 0.337. The molecule has 0 spiro atoms. The van der Waals surface area contributed by atoms with E-state index in [-0.39, 0.29) is 5.56 Å². The second-order valence-electron chi connectivity index (χ2n) is 4.09. The molecule has 1 nitrogen and oxygen atoms in total. The predicted molar refractivity (Wildman–Crippen MR) is 72.2 cm³/mol. The molecule has 0 saturated carbocycles. The van der Waals surface area contributed by atoms with Crippen LogP contribution in [0, 0.1) is 11.3 Å². The van der Waals surface area contributed by atoms with Crippen LogP contribution in [0.25, 0.3) is 0 Å². The lowest BCUT2D eigenvalue weighted by Gasteiger charge is -2.10. The average molecular weight is 293 g/mol. The number of alkyl halides is 3. The maximum atomic E-state index is 12.7. The van der Waals surface area contributed by atoms with Crippen molar-refractivity contribution in [1.82, 2.24) is 0 Å². The van der Waals surface area contributed by atoms with E-state index in [2.05, 4.69) is 0 Å². The fourth-order valence-electron chi connectivity index (χ4n) is 1.69. The molecular formula is C15H10F3NS. The smallest absolute Gasteiger partial charge is 0.192 e. The Morgan fingerprint density at radius 1 is 1.05 bits per heavy atom. The highest BCUT2D eigenvalue weighted by Gasteiger charge is 2.33. The summed E-state index contributed by atoms with van der Waals surface area (Å²) in [5.41, 5.74) is -0.143. The molecule has 0 aromatic heterocycles. The average Bonchev–Trinajstić information content (AvgIpc) is 2.45. The van der Waals surface area contributed by atoms with Gasteiger partial charge in [0.1, 0.15) is 0 Å². The van der Waals surface area contributed by atoms with E-state index in [0.29, 0.717) is 10.6 Å². The first-order valence-electron chi connectivity index (χ1n) is 5.79. The molecule has 102 valence electrons. The molecule has 0 saturated heterocycles. The van der Waals surface area contributed by atoms with Gasteiger partial charge in [0.2, 0.25) is 0 Å². The van der Waals surface area contributed by atoms with E-state index in [1.165, 1.54) is 23.9 Å². The minimum atomic E-state index is -4.49. The molecule has 0 aliphatic heterocycles. The maximum absolute atomic E-state index is 12.7. The van der Waals surface area contributed by atoms with Crippen molar-refractivity contribution >= 4 is 11.8 Å². The van der Waals surface area contributed by atoms with E-state index < -0.39 is 11.7 Å². The monoisotopic (exact) mass is 293 g/mol. The van der Waals surface area contributed by atoms with Crippen molar-refractivity contribution < 1.29 is 13.2 Å². The summed E-state index contributed by atoms with van der Waals surface area (Å²) in [5, 5.41) is 8.83. The number of benzene rings is 2. The quantitative estimate of drug-likeness (QED) is 0.754. The molecule has 0 bridgehead atoms. The number of hydrogen-bond acceptors (Lipinski definition) is 2. The van der Waals surface area contributed by atoms with Gasteiger partial charge in [0.15, 0.2) is 0 Å². The third-order valence-electron chi connectivity index (χ3n) is 2.67. The summed E-state index contributed by atoms with van der Waals surface area (Å²) < 4.78 is 38.0. The molecule has 2 aromatic rings. The molecule has 0 atom stereocenters. The van der Waals surface area contributed by atoms with Gasteiger partial charge in [-0.25, -0.2) is 0 Å². The predicted octanol–water partition coefficient (Wildman–Crippen LogP) is 4.87. The summed E-state index contributed by atoms with van der Waals surface area (Å²) in [7, 11) is 0. The van der Waals surface area contributed by atoms with Crippen molar-refractivity contribution in [2.45, 2.75) is 16.8 Å². The van der Waals surface area contributed by atoms with Crippen molar-refractivity contribution in [1.29, 1.82) is 5.26 Å². The highest BCUT2D eigenvalue weighted by molar-refractivity contribution is 7.98. The highest BCUT2D eigenvalue weighted by Crippen LogP contribution is 2.34. The van der Waals surface area contributed by atoms with Gasteiger partial charge in [-0.05, 0) is 23.8 Å². The molecule has 2 rings (SSSR count). The van der Waals surface area contributed by atoms with Crippen molar-refractivity contribution in [3.63, 3.8) is 0 Å². The molecule has 0 heterocycles. The first kappa shape index (κ1) is 14.5. The summed E-state index contributed by atoms with van der Waals surface area (Å²) in [6.45, 7) is 0. The van der Waals surface area contributed by atoms with Gasteiger partial charge in [-0.3, -0.25) is 0 Å². The van der Waals surface area contributed by atoms with Gasteiger partial charge in [0, 0.05) is 10.6 Å². The lowest BCUT2D eigenvalue weighted by Crippen LogP contribution is -2.07. The van der Waals surface area contributed by atoms with E-state index >= 15 is 0 Å². The van der Waals surface area contributed by atoms with Crippen molar-refractivity contribution in [2.75, 3.05) is 0 Å². The second-order valence-corrected chi connectivity index (χ2v) is 5.14. The lowest BCUT2D eigenvalue weighted by atomic mass is 10.1. The summed E-state index contributed by atoms with van der Waals surface area (Å²) in [5.74, 6) is 0.650. The SMILES string of the molecule is N#Cc1cc(SCc2ccccc2)ccc1C(F)(F)F. The molecule has 20 heavy (non-hydrogen) atoms. The van der Waals surface area contributed by atoms with Crippen LogP contribution in [0.2, 0.25) is 0 Å². The minimum Gasteiger partial charge on any atom is -0.192 e.